The monoisotopic (exact) mass is 268 g/mol. The molecule has 1 aromatic heterocycles. The zero-order valence-corrected chi connectivity index (χ0v) is 12.0. The maximum absolute atomic E-state index is 5.36. The molecule has 1 heterocycles. The molecule has 4 heteroatoms. The predicted molar refractivity (Wildman–Crippen MR) is 80.8 cm³/mol. The zero-order chi connectivity index (χ0) is 14.4. The highest BCUT2D eigenvalue weighted by atomic mass is 15.1. The van der Waals surface area contributed by atoms with E-state index in [0.717, 1.165) is 24.5 Å². The highest BCUT2D eigenvalue weighted by Crippen LogP contribution is 2.08. The van der Waals surface area contributed by atoms with Gasteiger partial charge in [-0.3, -0.25) is 4.90 Å². The summed E-state index contributed by atoms with van der Waals surface area (Å²) in [5.41, 5.74) is 7.63. The summed E-state index contributed by atoms with van der Waals surface area (Å²) in [4.78, 5) is 6.58. The first-order chi connectivity index (χ1) is 9.69. The van der Waals surface area contributed by atoms with Crippen LogP contribution in [0.3, 0.4) is 0 Å². The smallest absolute Gasteiger partial charge is 0.122 e. The Morgan fingerprint density at radius 3 is 2.60 bits per heavy atom. The van der Waals surface area contributed by atoms with E-state index in [1.165, 1.54) is 5.56 Å². The first-order valence-corrected chi connectivity index (χ1v) is 6.61. The number of nitrogens with two attached hydrogens (primary N) is 1. The van der Waals surface area contributed by atoms with E-state index in [9.17, 15) is 0 Å². The molecule has 0 aliphatic carbocycles. The lowest BCUT2D eigenvalue weighted by Crippen LogP contribution is -2.19. The number of hydrogen-bond donors (Lipinski definition) is 1. The Hall–Kier alpha value is -2.09. The Labute approximate surface area is 120 Å². The van der Waals surface area contributed by atoms with Gasteiger partial charge in [-0.05, 0) is 24.7 Å². The molecule has 0 amide bonds. The molecule has 2 aromatic rings. The third-order valence-electron chi connectivity index (χ3n) is 3.07. The summed E-state index contributed by atoms with van der Waals surface area (Å²) < 4.78 is 2.04. The third-order valence-corrected chi connectivity index (χ3v) is 3.07. The Morgan fingerprint density at radius 2 is 2.00 bits per heavy atom. The summed E-state index contributed by atoms with van der Waals surface area (Å²) in [6.07, 6.45) is 3.79. The summed E-state index contributed by atoms with van der Waals surface area (Å²) in [6.45, 7) is 2.11. The largest absolute Gasteiger partial charge is 0.337 e. The van der Waals surface area contributed by atoms with Crippen LogP contribution < -0.4 is 5.73 Å². The van der Waals surface area contributed by atoms with Gasteiger partial charge in [-0.25, -0.2) is 4.98 Å². The molecule has 0 spiro atoms. The summed E-state index contributed by atoms with van der Waals surface area (Å²) in [6, 6.07) is 8.28. The molecule has 0 radical (unpaired) electrons. The van der Waals surface area contributed by atoms with Crippen molar-refractivity contribution in [1.29, 1.82) is 0 Å². The van der Waals surface area contributed by atoms with Crippen molar-refractivity contribution in [2.45, 2.75) is 13.1 Å². The van der Waals surface area contributed by atoms with Crippen molar-refractivity contribution in [3.05, 3.63) is 53.6 Å². The molecule has 0 bridgehead atoms. The topological polar surface area (TPSA) is 47.1 Å². The normalized spacial score (nSPS) is 10.4. The number of aromatic nitrogens is 2. The molecule has 104 valence electrons. The molecule has 2 rings (SSSR count). The van der Waals surface area contributed by atoms with Gasteiger partial charge >= 0.3 is 0 Å². The molecular formula is C16H20N4. The van der Waals surface area contributed by atoms with E-state index in [-0.39, 0.29) is 0 Å². The number of benzene rings is 1. The summed E-state index contributed by atoms with van der Waals surface area (Å²) in [5, 5.41) is 0. The van der Waals surface area contributed by atoms with Crippen LogP contribution in [0.5, 0.6) is 0 Å². The second-order valence-electron chi connectivity index (χ2n) is 4.83. The van der Waals surface area contributed by atoms with Gasteiger partial charge in [-0.1, -0.05) is 24.0 Å². The number of nitrogens with zero attached hydrogens (tertiary/aromatic N) is 3. The van der Waals surface area contributed by atoms with Gasteiger partial charge in [0.2, 0.25) is 0 Å². The van der Waals surface area contributed by atoms with E-state index in [2.05, 4.69) is 40.9 Å². The van der Waals surface area contributed by atoms with Crippen molar-refractivity contribution in [3.8, 4) is 11.8 Å². The van der Waals surface area contributed by atoms with Gasteiger partial charge in [0, 0.05) is 31.5 Å². The van der Waals surface area contributed by atoms with Crippen molar-refractivity contribution in [1.82, 2.24) is 14.5 Å². The van der Waals surface area contributed by atoms with Crippen LogP contribution >= 0.6 is 0 Å². The average molecular weight is 268 g/mol. The molecule has 1 aromatic carbocycles. The molecule has 0 atom stereocenters. The molecule has 0 fully saturated rings. The first-order valence-electron chi connectivity index (χ1n) is 6.61. The lowest BCUT2D eigenvalue weighted by atomic mass is 10.1. The highest BCUT2D eigenvalue weighted by Gasteiger charge is 2.05. The van der Waals surface area contributed by atoms with E-state index in [1.807, 2.05) is 36.1 Å². The molecule has 0 aliphatic heterocycles. The maximum atomic E-state index is 5.36. The van der Waals surface area contributed by atoms with Gasteiger partial charge < -0.3 is 10.3 Å². The average Bonchev–Trinajstić information content (AvgIpc) is 2.83. The van der Waals surface area contributed by atoms with Gasteiger partial charge in [0.1, 0.15) is 5.82 Å². The maximum Gasteiger partial charge on any atom is 0.122 e. The SMILES string of the molecule is CN(Cc1ccc(C#CCN)cc1)Cc1nccn1C. The van der Waals surface area contributed by atoms with Crippen LogP contribution in [0.4, 0.5) is 0 Å². The number of rotatable bonds is 4. The van der Waals surface area contributed by atoms with Crippen LogP contribution in [-0.2, 0) is 20.1 Å². The molecule has 2 N–H and O–H groups in total. The molecule has 0 unspecified atom stereocenters. The minimum absolute atomic E-state index is 0.397. The Bertz CT molecular complexity index is 601. The quantitative estimate of drug-likeness (QED) is 0.852. The highest BCUT2D eigenvalue weighted by molar-refractivity contribution is 5.36. The molecule has 4 nitrogen and oxygen atoms in total. The molecule has 0 aliphatic rings. The third kappa shape index (κ3) is 3.95. The number of hydrogen-bond acceptors (Lipinski definition) is 3. The summed E-state index contributed by atoms with van der Waals surface area (Å²) in [5.74, 6) is 6.95. The Balaban J connectivity index is 1.94. The van der Waals surface area contributed by atoms with E-state index in [1.54, 1.807) is 0 Å². The Kier molecular flexibility index (Phi) is 4.94. The van der Waals surface area contributed by atoms with Crippen LogP contribution in [0.25, 0.3) is 0 Å². The Morgan fingerprint density at radius 1 is 1.25 bits per heavy atom. The first kappa shape index (κ1) is 14.3. The van der Waals surface area contributed by atoms with Gasteiger partial charge in [0.05, 0.1) is 13.1 Å². The van der Waals surface area contributed by atoms with Crippen LogP contribution in [0.15, 0.2) is 36.7 Å². The number of imidazole rings is 1. The van der Waals surface area contributed by atoms with Gasteiger partial charge in [0.15, 0.2) is 0 Å². The molecule has 0 saturated heterocycles. The lowest BCUT2D eigenvalue weighted by Gasteiger charge is -2.16. The minimum atomic E-state index is 0.397. The van der Waals surface area contributed by atoms with Gasteiger partial charge in [-0.2, -0.15) is 0 Å². The van der Waals surface area contributed by atoms with Crippen molar-refractivity contribution in [2.24, 2.45) is 12.8 Å². The van der Waals surface area contributed by atoms with Crippen LogP contribution in [-0.4, -0.2) is 28.0 Å². The van der Waals surface area contributed by atoms with E-state index >= 15 is 0 Å². The van der Waals surface area contributed by atoms with Crippen molar-refractivity contribution >= 4 is 0 Å². The van der Waals surface area contributed by atoms with Crippen molar-refractivity contribution in [3.63, 3.8) is 0 Å². The fraction of sp³-hybridized carbons (Fsp3) is 0.312. The van der Waals surface area contributed by atoms with E-state index in [0.29, 0.717) is 6.54 Å². The summed E-state index contributed by atoms with van der Waals surface area (Å²) in [7, 11) is 4.11. The van der Waals surface area contributed by atoms with Gasteiger partial charge in [-0.15, -0.1) is 0 Å². The standard InChI is InChI=1S/C16H20N4/c1-19(13-16-18-10-11-20(16)2)12-15-7-5-14(6-8-15)4-3-9-17/h5-8,10-11H,9,12-13,17H2,1-2H3. The number of aryl methyl sites for hydroxylation is 1. The second-order valence-corrected chi connectivity index (χ2v) is 4.83. The van der Waals surface area contributed by atoms with E-state index < -0.39 is 0 Å². The molecule has 20 heavy (non-hydrogen) atoms. The fourth-order valence-electron chi connectivity index (χ4n) is 2.00. The minimum Gasteiger partial charge on any atom is -0.337 e. The predicted octanol–water partition coefficient (Wildman–Crippen LogP) is 1.36. The van der Waals surface area contributed by atoms with Crippen molar-refractivity contribution in [2.75, 3.05) is 13.6 Å². The lowest BCUT2D eigenvalue weighted by molar-refractivity contribution is 0.307. The van der Waals surface area contributed by atoms with Gasteiger partial charge in [0.25, 0.3) is 0 Å². The van der Waals surface area contributed by atoms with Crippen LogP contribution in [0.2, 0.25) is 0 Å². The second kappa shape index (κ2) is 6.90. The van der Waals surface area contributed by atoms with Crippen LogP contribution in [0.1, 0.15) is 17.0 Å². The van der Waals surface area contributed by atoms with E-state index in [4.69, 9.17) is 5.73 Å². The fourth-order valence-corrected chi connectivity index (χ4v) is 2.00. The molecule has 0 saturated carbocycles. The van der Waals surface area contributed by atoms with Crippen molar-refractivity contribution < 1.29 is 0 Å². The zero-order valence-electron chi connectivity index (χ0n) is 12.0. The van der Waals surface area contributed by atoms with Crippen LogP contribution in [0, 0.1) is 11.8 Å². The summed E-state index contributed by atoms with van der Waals surface area (Å²) >= 11 is 0. The molecular weight excluding hydrogens is 248 g/mol.